The monoisotopic (exact) mass is 338 g/mol. The summed E-state index contributed by atoms with van der Waals surface area (Å²) in [5.74, 6) is -0.725. The van der Waals surface area contributed by atoms with Crippen molar-refractivity contribution in [3.8, 4) is 0 Å². The van der Waals surface area contributed by atoms with Crippen molar-refractivity contribution < 1.29 is 19.9 Å². The Morgan fingerprint density at radius 2 is 2.12 bits per heavy atom. The molecule has 3 atom stereocenters. The highest BCUT2D eigenvalue weighted by atomic mass is 16.4. The first-order valence-electron chi connectivity index (χ1n) is 8.88. The molecule has 0 spiro atoms. The molecule has 0 aromatic carbocycles. The van der Waals surface area contributed by atoms with Gasteiger partial charge < -0.3 is 15.2 Å². The summed E-state index contributed by atoms with van der Waals surface area (Å²) in [6.45, 7) is 8.16. The minimum atomic E-state index is -1.31. The predicted octanol–water partition coefficient (Wildman–Crippen LogP) is 1.89. The van der Waals surface area contributed by atoms with Crippen molar-refractivity contribution in [2.45, 2.75) is 46.4 Å². The van der Waals surface area contributed by atoms with Gasteiger partial charge in [0.2, 0.25) is 0 Å². The van der Waals surface area contributed by atoms with E-state index in [0.29, 0.717) is 38.2 Å². The number of carbonyl (C=O) groups is 1. The summed E-state index contributed by atoms with van der Waals surface area (Å²) in [6, 6.07) is 0. The first kappa shape index (κ1) is 20.9. The minimum absolute atomic E-state index is 0.0566. The molecule has 0 saturated carbocycles. The van der Waals surface area contributed by atoms with Gasteiger partial charge in [-0.25, -0.2) is 0 Å². The quantitative estimate of drug-likeness (QED) is 0.418. The van der Waals surface area contributed by atoms with Gasteiger partial charge in [-0.2, -0.15) is 0 Å². The average Bonchev–Trinajstić information content (AvgIpc) is 2.93. The lowest BCUT2D eigenvalue weighted by molar-refractivity contribution is -0.142. The molecule has 6 nitrogen and oxygen atoms in total. The van der Waals surface area contributed by atoms with Gasteiger partial charge in [0.1, 0.15) is 0 Å². The van der Waals surface area contributed by atoms with Gasteiger partial charge in [0.15, 0.2) is 0 Å². The summed E-state index contributed by atoms with van der Waals surface area (Å²) in [5, 5.41) is 27.4. The summed E-state index contributed by atoms with van der Waals surface area (Å²) in [4.78, 5) is 18.2. The van der Waals surface area contributed by atoms with E-state index in [9.17, 15) is 9.90 Å². The molecule has 1 rings (SSSR count). The summed E-state index contributed by atoms with van der Waals surface area (Å²) >= 11 is 0. The lowest BCUT2D eigenvalue weighted by atomic mass is 9.80. The minimum Gasteiger partial charge on any atom is -0.481 e. The highest BCUT2D eigenvalue weighted by molar-refractivity contribution is 6.40. The van der Waals surface area contributed by atoms with Gasteiger partial charge in [-0.1, -0.05) is 26.3 Å². The zero-order valence-corrected chi connectivity index (χ0v) is 15.1. The van der Waals surface area contributed by atoms with Gasteiger partial charge in [0, 0.05) is 31.5 Å². The fourth-order valence-electron chi connectivity index (χ4n) is 3.18. The second-order valence-electron chi connectivity index (χ2n) is 6.72. The molecule has 1 aliphatic heterocycles. The Morgan fingerprint density at radius 3 is 2.67 bits per heavy atom. The molecule has 3 N–H and O–H groups in total. The van der Waals surface area contributed by atoms with Crippen LogP contribution in [0, 0.1) is 17.8 Å². The number of carboxylic acid groups (broad SMARTS) is 1. The van der Waals surface area contributed by atoms with E-state index < -0.39 is 13.1 Å². The molecule has 3 unspecified atom stereocenters. The van der Waals surface area contributed by atoms with Crippen molar-refractivity contribution in [1.82, 2.24) is 4.90 Å². The molecule has 136 valence electrons. The Morgan fingerprint density at radius 1 is 1.42 bits per heavy atom. The summed E-state index contributed by atoms with van der Waals surface area (Å²) in [7, 11) is -1.31. The van der Waals surface area contributed by atoms with Crippen LogP contribution in [0.3, 0.4) is 0 Å². The molecule has 1 heterocycles. The van der Waals surface area contributed by atoms with E-state index in [4.69, 9.17) is 10.0 Å². The Kier molecular flexibility index (Phi) is 9.25. The summed E-state index contributed by atoms with van der Waals surface area (Å²) < 4.78 is 0. The number of nitrogens with zero attached hydrogens (tertiary/aromatic N) is 2. The predicted molar refractivity (Wildman–Crippen MR) is 97.0 cm³/mol. The van der Waals surface area contributed by atoms with Crippen LogP contribution in [0.5, 0.6) is 0 Å². The Bertz CT molecular complexity index is 454. The maximum absolute atomic E-state index is 11.5. The van der Waals surface area contributed by atoms with Gasteiger partial charge >= 0.3 is 13.1 Å². The van der Waals surface area contributed by atoms with Gasteiger partial charge in [-0.15, -0.1) is 0 Å². The number of aliphatic imine (C=N–C) groups is 1. The van der Waals surface area contributed by atoms with Crippen LogP contribution >= 0.6 is 0 Å². The maximum Gasteiger partial charge on any atom is 0.451 e. The molecule has 0 aromatic rings. The third kappa shape index (κ3) is 6.75. The third-order valence-corrected chi connectivity index (χ3v) is 4.83. The normalized spacial score (nSPS) is 23.8. The second kappa shape index (κ2) is 10.6. The lowest BCUT2D eigenvalue weighted by Gasteiger charge is -2.20. The number of likely N-dealkylation sites (tertiary alicyclic amines) is 1. The Hall–Kier alpha value is -1.18. The van der Waals surface area contributed by atoms with Crippen LogP contribution < -0.4 is 0 Å². The summed E-state index contributed by atoms with van der Waals surface area (Å²) in [5.41, 5.74) is 1.09. The van der Waals surface area contributed by atoms with Crippen LogP contribution in [0.25, 0.3) is 0 Å². The average molecular weight is 338 g/mol. The molecule has 0 amide bonds. The van der Waals surface area contributed by atoms with Crippen molar-refractivity contribution in [3.63, 3.8) is 0 Å². The van der Waals surface area contributed by atoms with Crippen molar-refractivity contribution in [3.05, 3.63) is 12.3 Å². The Labute approximate surface area is 145 Å². The Balaban J connectivity index is 2.70. The van der Waals surface area contributed by atoms with Crippen LogP contribution in [0.2, 0.25) is 6.32 Å². The van der Waals surface area contributed by atoms with Crippen LogP contribution in [0.15, 0.2) is 17.3 Å². The standard InChI is InChI=1S/C17H31BN2O4/c1-4-9-19-16(13(3)5-2)12-20-10-14(7-6-8-18(23)24)15(11-20)17(21)22/h4,9,13-15,23-24H,5-8,10-12H2,1-3H3,(H,21,22)/b9-4-,19-16-. The van der Waals surface area contributed by atoms with Crippen molar-refractivity contribution in [1.29, 1.82) is 0 Å². The van der Waals surface area contributed by atoms with E-state index in [1.165, 1.54) is 0 Å². The van der Waals surface area contributed by atoms with Crippen LogP contribution in [-0.4, -0.2) is 58.5 Å². The van der Waals surface area contributed by atoms with Gasteiger partial charge in [-0.3, -0.25) is 14.7 Å². The zero-order chi connectivity index (χ0) is 18.1. The number of hydrogen-bond donors (Lipinski definition) is 3. The molecule has 0 bridgehead atoms. The van der Waals surface area contributed by atoms with Crippen LogP contribution in [-0.2, 0) is 4.79 Å². The van der Waals surface area contributed by atoms with E-state index >= 15 is 0 Å². The van der Waals surface area contributed by atoms with E-state index in [1.54, 1.807) is 6.20 Å². The largest absolute Gasteiger partial charge is 0.481 e. The van der Waals surface area contributed by atoms with Crippen molar-refractivity contribution in [2.24, 2.45) is 22.7 Å². The molecular weight excluding hydrogens is 307 g/mol. The van der Waals surface area contributed by atoms with E-state index in [-0.39, 0.29) is 11.8 Å². The number of rotatable bonds is 10. The summed E-state index contributed by atoms with van der Waals surface area (Å²) in [6.07, 6.45) is 6.33. The number of allylic oxidation sites excluding steroid dienone is 1. The van der Waals surface area contributed by atoms with Crippen molar-refractivity contribution in [2.75, 3.05) is 19.6 Å². The second-order valence-corrected chi connectivity index (χ2v) is 6.72. The number of hydrogen-bond acceptors (Lipinski definition) is 5. The van der Waals surface area contributed by atoms with Gasteiger partial charge in [-0.05, 0) is 37.9 Å². The maximum atomic E-state index is 11.5. The van der Waals surface area contributed by atoms with Gasteiger partial charge in [0.25, 0.3) is 0 Å². The molecule has 1 aliphatic rings. The molecular formula is C17H31BN2O4. The zero-order valence-electron chi connectivity index (χ0n) is 15.1. The molecule has 0 radical (unpaired) electrons. The molecule has 0 aliphatic carbocycles. The number of carboxylic acids is 1. The molecule has 1 fully saturated rings. The number of aliphatic carboxylic acids is 1. The van der Waals surface area contributed by atoms with Crippen LogP contribution in [0.4, 0.5) is 0 Å². The SMILES string of the molecule is C/C=C\N=C(\CN1CC(CCCB(O)O)C(C(=O)O)C1)C(C)CC. The van der Waals surface area contributed by atoms with E-state index in [1.807, 2.05) is 13.0 Å². The van der Waals surface area contributed by atoms with E-state index in [0.717, 1.165) is 18.7 Å². The van der Waals surface area contributed by atoms with Crippen LogP contribution in [0.1, 0.15) is 40.0 Å². The molecule has 7 heteroatoms. The van der Waals surface area contributed by atoms with Gasteiger partial charge in [0.05, 0.1) is 5.92 Å². The first-order valence-corrected chi connectivity index (χ1v) is 8.88. The molecule has 0 aromatic heterocycles. The highest BCUT2D eigenvalue weighted by Gasteiger charge is 2.37. The fourth-order valence-corrected chi connectivity index (χ4v) is 3.18. The third-order valence-electron chi connectivity index (χ3n) is 4.83. The topological polar surface area (TPSA) is 93.4 Å². The first-order chi connectivity index (χ1) is 11.4. The van der Waals surface area contributed by atoms with E-state index in [2.05, 4.69) is 23.7 Å². The lowest BCUT2D eigenvalue weighted by Crippen LogP contribution is -2.31. The fraction of sp³-hybridized carbons (Fsp3) is 0.765. The highest BCUT2D eigenvalue weighted by Crippen LogP contribution is 2.28. The van der Waals surface area contributed by atoms with Crippen molar-refractivity contribution >= 4 is 18.8 Å². The smallest absolute Gasteiger partial charge is 0.451 e. The molecule has 1 saturated heterocycles. The molecule has 24 heavy (non-hydrogen) atoms.